The number of carbonyl (C=O) groups excluding carboxylic acids is 1. The van der Waals surface area contributed by atoms with E-state index in [4.69, 9.17) is 4.74 Å². The minimum atomic E-state index is -0.935. The zero-order valence-electron chi connectivity index (χ0n) is 12.5. The highest BCUT2D eigenvalue weighted by Gasteiger charge is 2.36. The molecule has 108 valence electrons. The quantitative estimate of drug-likeness (QED) is 0.480. The van der Waals surface area contributed by atoms with E-state index in [0.29, 0.717) is 12.8 Å². The lowest BCUT2D eigenvalue weighted by molar-refractivity contribution is -0.156. The Morgan fingerprint density at radius 2 is 1.78 bits per heavy atom. The lowest BCUT2D eigenvalue weighted by Gasteiger charge is -2.31. The summed E-state index contributed by atoms with van der Waals surface area (Å²) >= 11 is 0. The van der Waals surface area contributed by atoms with Crippen LogP contribution in [0.4, 0.5) is 0 Å². The van der Waals surface area contributed by atoms with Crippen molar-refractivity contribution < 1.29 is 14.6 Å². The maximum atomic E-state index is 11.8. The van der Waals surface area contributed by atoms with Crippen molar-refractivity contribution in [2.75, 3.05) is 7.11 Å². The monoisotopic (exact) mass is 258 g/mol. The third-order valence-corrected chi connectivity index (χ3v) is 3.62. The van der Waals surface area contributed by atoms with Crippen LogP contribution in [0.5, 0.6) is 0 Å². The summed E-state index contributed by atoms with van der Waals surface area (Å²) in [5.74, 6) is -0.659. The molecular weight excluding hydrogens is 228 g/mol. The molecule has 0 aliphatic heterocycles. The van der Waals surface area contributed by atoms with E-state index < -0.39 is 5.60 Å². The largest absolute Gasteiger partial charge is 0.469 e. The molecule has 0 bridgehead atoms. The second kappa shape index (κ2) is 9.37. The summed E-state index contributed by atoms with van der Waals surface area (Å²) < 4.78 is 4.82. The van der Waals surface area contributed by atoms with Crippen molar-refractivity contribution in [3.63, 3.8) is 0 Å². The summed E-state index contributed by atoms with van der Waals surface area (Å²) in [6.45, 7) is 6.02. The van der Waals surface area contributed by atoms with Gasteiger partial charge in [0.15, 0.2) is 0 Å². The van der Waals surface area contributed by atoms with Crippen LogP contribution >= 0.6 is 0 Å². The lowest BCUT2D eigenvalue weighted by Crippen LogP contribution is -2.40. The van der Waals surface area contributed by atoms with Crippen LogP contribution in [0.2, 0.25) is 0 Å². The van der Waals surface area contributed by atoms with Gasteiger partial charge in [0.25, 0.3) is 0 Å². The smallest absolute Gasteiger partial charge is 0.311 e. The fraction of sp³-hybridized carbons (Fsp3) is 0.933. The molecule has 2 atom stereocenters. The topological polar surface area (TPSA) is 46.5 Å². The van der Waals surface area contributed by atoms with Crippen LogP contribution in [-0.2, 0) is 9.53 Å². The van der Waals surface area contributed by atoms with Gasteiger partial charge in [0, 0.05) is 0 Å². The van der Waals surface area contributed by atoms with Crippen molar-refractivity contribution in [3.05, 3.63) is 0 Å². The van der Waals surface area contributed by atoms with Gasteiger partial charge in [0.05, 0.1) is 18.6 Å². The van der Waals surface area contributed by atoms with E-state index in [-0.39, 0.29) is 11.9 Å². The van der Waals surface area contributed by atoms with E-state index in [1.807, 2.05) is 0 Å². The van der Waals surface area contributed by atoms with Crippen LogP contribution in [0.3, 0.4) is 0 Å². The summed E-state index contributed by atoms with van der Waals surface area (Å²) in [6.07, 6.45) is 7.83. The van der Waals surface area contributed by atoms with E-state index in [9.17, 15) is 9.90 Å². The average molecular weight is 258 g/mol. The summed E-state index contributed by atoms with van der Waals surface area (Å²) in [5, 5.41) is 10.5. The highest BCUT2D eigenvalue weighted by Crippen LogP contribution is 2.29. The van der Waals surface area contributed by atoms with Gasteiger partial charge in [-0.1, -0.05) is 52.4 Å². The minimum absolute atomic E-state index is 0.274. The van der Waals surface area contributed by atoms with Gasteiger partial charge in [-0.3, -0.25) is 4.79 Å². The normalized spacial score (nSPS) is 16.1. The van der Waals surface area contributed by atoms with Crippen molar-refractivity contribution in [1.29, 1.82) is 0 Å². The lowest BCUT2D eigenvalue weighted by atomic mass is 9.81. The Labute approximate surface area is 112 Å². The van der Waals surface area contributed by atoms with Crippen LogP contribution in [0.15, 0.2) is 0 Å². The van der Waals surface area contributed by atoms with Gasteiger partial charge in [0.2, 0.25) is 0 Å². The van der Waals surface area contributed by atoms with Crippen molar-refractivity contribution in [1.82, 2.24) is 0 Å². The van der Waals surface area contributed by atoms with Crippen LogP contribution in [0, 0.1) is 5.92 Å². The number of rotatable bonds is 10. The molecule has 0 aromatic heterocycles. The van der Waals surface area contributed by atoms with Crippen molar-refractivity contribution in [2.24, 2.45) is 5.92 Å². The Bertz CT molecular complexity index is 224. The SMILES string of the molecule is CCCCCCC(C)(O)C(CCCC)C(=O)OC. The van der Waals surface area contributed by atoms with E-state index in [1.54, 1.807) is 6.92 Å². The fourth-order valence-electron chi connectivity index (χ4n) is 2.32. The number of hydrogen-bond donors (Lipinski definition) is 1. The predicted molar refractivity (Wildman–Crippen MR) is 74.4 cm³/mol. The molecule has 3 heteroatoms. The Kier molecular flexibility index (Phi) is 9.08. The Balaban J connectivity index is 4.38. The molecule has 0 radical (unpaired) electrons. The molecule has 0 saturated heterocycles. The number of esters is 1. The predicted octanol–water partition coefficient (Wildman–Crippen LogP) is 3.69. The zero-order valence-corrected chi connectivity index (χ0v) is 12.5. The van der Waals surface area contributed by atoms with E-state index in [2.05, 4.69) is 13.8 Å². The van der Waals surface area contributed by atoms with E-state index in [0.717, 1.165) is 25.7 Å². The average Bonchev–Trinajstić information content (AvgIpc) is 2.34. The van der Waals surface area contributed by atoms with Gasteiger partial charge in [0.1, 0.15) is 0 Å². The van der Waals surface area contributed by atoms with Crippen LogP contribution in [0.25, 0.3) is 0 Å². The van der Waals surface area contributed by atoms with Gasteiger partial charge in [-0.25, -0.2) is 0 Å². The first kappa shape index (κ1) is 17.4. The molecule has 18 heavy (non-hydrogen) atoms. The zero-order chi connectivity index (χ0) is 14.0. The first-order valence-corrected chi connectivity index (χ1v) is 7.29. The third kappa shape index (κ3) is 6.39. The number of ether oxygens (including phenoxy) is 1. The number of unbranched alkanes of at least 4 members (excludes halogenated alkanes) is 4. The van der Waals surface area contributed by atoms with E-state index >= 15 is 0 Å². The summed E-state index contributed by atoms with van der Waals surface area (Å²) in [7, 11) is 1.40. The number of aliphatic hydroxyl groups is 1. The Hall–Kier alpha value is -0.570. The Morgan fingerprint density at radius 3 is 2.28 bits per heavy atom. The van der Waals surface area contributed by atoms with Gasteiger partial charge >= 0.3 is 5.97 Å². The minimum Gasteiger partial charge on any atom is -0.469 e. The molecule has 0 aromatic carbocycles. The molecule has 0 rings (SSSR count). The summed E-state index contributed by atoms with van der Waals surface area (Å²) in [4.78, 5) is 11.8. The highest BCUT2D eigenvalue weighted by molar-refractivity contribution is 5.73. The van der Waals surface area contributed by atoms with Gasteiger partial charge in [-0.05, 0) is 19.8 Å². The second-order valence-electron chi connectivity index (χ2n) is 5.39. The fourth-order valence-corrected chi connectivity index (χ4v) is 2.32. The summed E-state index contributed by atoms with van der Waals surface area (Å²) in [5.41, 5.74) is -0.935. The molecule has 0 fully saturated rings. The molecule has 0 heterocycles. The van der Waals surface area contributed by atoms with Gasteiger partial charge < -0.3 is 9.84 Å². The van der Waals surface area contributed by atoms with Crippen LogP contribution in [-0.4, -0.2) is 23.8 Å². The molecule has 0 aromatic rings. The molecule has 2 unspecified atom stereocenters. The Morgan fingerprint density at radius 1 is 1.17 bits per heavy atom. The number of carbonyl (C=O) groups is 1. The van der Waals surface area contributed by atoms with Gasteiger partial charge in [-0.15, -0.1) is 0 Å². The maximum absolute atomic E-state index is 11.8. The van der Waals surface area contributed by atoms with Gasteiger partial charge in [-0.2, -0.15) is 0 Å². The maximum Gasteiger partial charge on any atom is 0.311 e. The highest BCUT2D eigenvalue weighted by atomic mass is 16.5. The third-order valence-electron chi connectivity index (χ3n) is 3.62. The van der Waals surface area contributed by atoms with Crippen molar-refractivity contribution in [3.8, 4) is 0 Å². The standard InChI is InChI=1S/C15H30O3/c1-5-7-9-10-12-15(3,17)13(11-8-6-2)14(16)18-4/h13,17H,5-12H2,1-4H3. The number of hydrogen-bond acceptors (Lipinski definition) is 3. The number of methoxy groups -OCH3 is 1. The van der Waals surface area contributed by atoms with Crippen LogP contribution in [0.1, 0.15) is 72.1 Å². The summed E-state index contributed by atoms with van der Waals surface area (Å²) in [6, 6.07) is 0. The molecule has 0 amide bonds. The van der Waals surface area contributed by atoms with Crippen LogP contribution < -0.4 is 0 Å². The molecule has 0 aliphatic carbocycles. The molecule has 0 saturated carbocycles. The first-order chi connectivity index (χ1) is 8.49. The molecule has 0 aliphatic rings. The molecular formula is C15H30O3. The first-order valence-electron chi connectivity index (χ1n) is 7.29. The second-order valence-corrected chi connectivity index (χ2v) is 5.39. The molecule has 0 spiro atoms. The molecule has 3 nitrogen and oxygen atoms in total. The van der Waals surface area contributed by atoms with Crippen molar-refractivity contribution in [2.45, 2.75) is 77.7 Å². The van der Waals surface area contributed by atoms with Crippen molar-refractivity contribution >= 4 is 5.97 Å². The molecule has 1 N–H and O–H groups in total. The van der Waals surface area contributed by atoms with E-state index in [1.165, 1.54) is 20.0 Å².